The molecule has 5 rings (SSSR count). The smallest absolute Gasteiger partial charge is 0.251 e. The molecular formula is C27H29N5O2. The molecule has 0 aliphatic carbocycles. The average Bonchev–Trinajstić information content (AvgIpc) is 3.31. The summed E-state index contributed by atoms with van der Waals surface area (Å²) >= 11 is 0. The number of rotatable bonds is 8. The van der Waals surface area contributed by atoms with Gasteiger partial charge in [0.1, 0.15) is 5.82 Å². The van der Waals surface area contributed by atoms with E-state index in [0.29, 0.717) is 18.7 Å². The molecule has 0 spiro atoms. The second-order valence-electron chi connectivity index (χ2n) is 8.45. The number of H-pyrrole nitrogens is 1. The van der Waals surface area contributed by atoms with Crippen molar-refractivity contribution in [1.29, 1.82) is 0 Å². The number of fused-ring (bicyclic) bond motifs is 1. The largest absolute Gasteiger partial charge is 0.379 e. The Morgan fingerprint density at radius 3 is 2.41 bits per heavy atom. The van der Waals surface area contributed by atoms with Gasteiger partial charge in [0.05, 0.1) is 30.8 Å². The van der Waals surface area contributed by atoms with Crippen LogP contribution in [0.15, 0.2) is 78.9 Å². The van der Waals surface area contributed by atoms with Crippen LogP contribution in [0.3, 0.4) is 0 Å². The molecule has 1 saturated heterocycles. The second-order valence-corrected chi connectivity index (χ2v) is 8.45. The fourth-order valence-electron chi connectivity index (χ4n) is 4.20. The standard InChI is InChI=1S/C27H29N5O2/c33-27(28-18-21-6-2-1-3-7-21)23-12-10-22(11-13-23)19-32(31-14-16-34-17-15-31)20-26-29-24-8-4-5-9-25(24)30-26/h1-13H,14-20H2,(H,28,33)(H,29,30). The van der Waals surface area contributed by atoms with Gasteiger partial charge in [-0.3, -0.25) is 4.79 Å². The minimum Gasteiger partial charge on any atom is -0.379 e. The van der Waals surface area contributed by atoms with Crippen LogP contribution in [0.2, 0.25) is 0 Å². The van der Waals surface area contributed by atoms with Crippen molar-refractivity contribution in [3.63, 3.8) is 0 Å². The van der Waals surface area contributed by atoms with E-state index in [2.05, 4.69) is 20.3 Å². The van der Waals surface area contributed by atoms with E-state index in [4.69, 9.17) is 9.72 Å². The van der Waals surface area contributed by atoms with Crippen LogP contribution < -0.4 is 5.32 Å². The second kappa shape index (κ2) is 10.6. The van der Waals surface area contributed by atoms with Crippen molar-refractivity contribution in [1.82, 2.24) is 25.3 Å². The van der Waals surface area contributed by atoms with E-state index in [-0.39, 0.29) is 5.91 Å². The Kier molecular flexibility index (Phi) is 6.95. The number of hydrogen-bond donors (Lipinski definition) is 2. The number of nitrogens with zero attached hydrogens (tertiary/aromatic N) is 3. The highest BCUT2D eigenvalue weighted by atomic mass is 16.5. The number of para-hydroxylation sites is 2. The molecule has 7 nitrogen and oxygen atoms in total. The Hall–Kier alpha value is -3.52. The maximum absolute atomic E-state index is 12.6. The third-order valence-electron chi connectivity index (χ3n) is 6.04. The maximum atomic E-state index is 12.6. The first-order chi connectivity index (χ1) is 16.7. The fraction of sp³-hybridized carbons (Fsp3) is 0.259. The van der Waals surface area contributed by atoms with Crippen LogP contribution in [-0.4, -0.2) is 52.2 Å². The number of aromatic nitrogens is 2. The van der Waals surface area contributed by atoms with E-state index >= 15 is 0 Å². The third kappa shape index (κ3) is 5.51. The highest BCUT2D eigenvalue weighted by molar-refractivity contribution is 5.94. The van der Waals surface area contributed by atoms with E-state index in [1.165, 1.54) is 0 Å². The van der Waals surface area contributed by atoms with Gasteiger partial charge in [-0.15, -0.1) is 0 Å². The number of nitrogens with one attached hydrogen (secondary N) is 2. The molecule has 0 radical (unpaired) electrons. The number of benzene rings is 3. The van der Waals surface area contributed by atoms with E-state index in [1.807, 2.05) is 78.9 Å². The van der Waals surface area contributed by atoms with Crippen molar-refractivity contribution >= 4 is 16.9 Å². The summed E-state index contributed by atoms with van der Waals surface area (Å²) in [5, 5.41) is 7.63. The lowest BCUT2D eigenvalue weighted by Crippen LogP contribution is -2.48. The van der Waals surface area contributed by atoms with Crippen molar-refractivity contribution in [2.75, 3.05) is 26.3 Å². The van der Waals surface area contributed by atoms with E-state index < -0.39 is 0 Å². The third-order valence-corrected chi connectivity index (χ3v) is 6.04. The lowest BCUT2D eigenvalue weighted by atomic mass is 10.1. The highest BCUT2D eigenvalue weighted by Crippen LogP contribution is 2.17. The number of imidazole rings is 1. The van der Waals surface area contributed by atoms with Crippen LogP contribution in [0.5, 0.6) is 0 Å². The van der Waals surface area contributed by atoms with E-state index in [1.54, 1.807) is 0 Å². The van der Waals surface area contributed by atoms with Gasteiger partial charge in [0.25, 0.3) is 5.91 Å². The van der Waals surface area contributed by atoms with Crippen molar-refractivity contribution in [3.05, 3.63) is 101 Å². The molecule has 2 N–H and O–H groups in total. The quantitative estimate of drug-likeness (QED) is 0.423. The van der Waals surface area contributed by atoms with E-state index in [0.717, 1.165) is 60.8 Å². The summed E-state index contributed by atoms with van der Waals surface area (Å²) in [4.78, 5) is 20.8. The zero-order valence-electron chi connectivity index (χ0n) is 19.1. The number of morpholine rings is 1. The summed E-state index contributed by atoms with van der Waals surface area (Å²) in [7, 11) is 0. The monoisotopic (exact) mass is 455 g/mol. The van der Waals surface area contributed by atoms with Crippen LogP contribution >= 0.6 is 0 Å². The first-order valence-corrected chi connectivity index (χ1v) is 11.7. The molecule has 7 heteroatoms. The number of hydrazine groups is 1. The number of ether oxygens (including phenoxy) is 1. The molecule has 3 aromatic carbocycles. The molecule has 34 heavy (non-hydrogen) atoms. The van der Waals surface area contributed by atoms with Gasteiger partial charge in [0.15, 0.2) is 0 Å². The van der Waals surface area contributed by atoms with Crippen LogP contribution in [-0.2, 0) is 24.4 Å². The Morgan fingerprint density at radius 2 is 1.65 bits per heavy atom. The molecule has 1 aliphatic heterocycles. The summed E-state index contributed by atoms with van der Waals surface area (Å²) in [6.07, 6.45) is 0. The lowest BCUT2D eigenvalue weighted by molar-refractivity contribution is -0.102. The first kappa shape index (κ1) is 22.3. The fourth-order valence-corrected chi connectivity index (χ4v) is 4.20. The minimum atomic E-state index is -0.0669. The van der Waals surface area contributed by atoms with Crippen molar-refractivity contribution in [2.45, 2.75) is 19.6 Å². The molecule has 0 bridgehead atoms. The van der Waals surface area contributed by atoms with Crippen LogP contribution in [0.1, 0.15) is 27.3 Å². The zero-order valence-corrected chi connectivity index (χ0v) is 19.1. The highest BCUT2D eigenvalue weighted by Gasteiger charge is 2.20. The normalized spacial score (nSPS) is 14.5. The number of amides is 1. The van der Waals surface area contributed by atoms with Crippen molar-refractivity contribution in [3.8, 4) is 0 Å². The molecule has 2 heterocycles. The molecule has 0 unspecified atom stereocenters. The Morgan fingerprint density at radius 1 is 0.912 bits per heavy atom. The zero-order chi connectivity index (χ0) is 23.2. The van der Waals surface area contributed by atoms with Crippen molar-refractivity contribution in [2.24, 2.45) is 0 Å². The van der Waals surface area contributed by atoms with Gasteiger partial charge in [-0.2, -0.15) is 0 Å². The van der Waals surface area contributed by atoms with Gasteiger partial charge < -0.3 is 15.0 Å². The van der Waals surface area contributed by atoms with Gasteiger partial charge in [0.2, 0.25) is 0 Å². The molecule has 1 aliphatic rings. The van der Waals surface area contributed by atoms with Crippen molar-refractivity contribution < 1.29 is 9.53 Å². The van der Waals surface area contributed by atoms with Gasteiger partial charge in [-0.05, 0) is 35.4 Å². The molecule has 4 aromatic rings. The first-order valence-electron chi connectivity index (χ1n) is 11.7. The van der Waals surface area contributed by atoms with Gasteiger partial charge in [-0.1, -0.05) is 54.6 Å². The summed E-state index contributed by atoms with van der Waals surface area (Å²) in [5.41, 5.74) is 4.91. The van der Waals surface area contributed by atoms with Gasteiger partial charge in [-0.25, -0.2) is 15.0 Å². The Bertz CT molecular complexity index is 1180. The molecular weight excluding hydrogens is 426 g/mol. The van der Waals surface area contributed by atoms with Gasteiger partial charge >= 0.3 is 0 Å². The van der Waals surface area contributed by atoms with Crippen LogP contribution in [0, 0.1) is 0 Å². The minimum absolute atomic E-state index is 0.0669. The molecule has 0 atom stereocenters. The molecule has 174 valence electrons. The van der Waals surface area contributed by atoms with Crippen LogP contribution in [0.25, 0.3) is 11.0 Å². The summed E-state index contributed by atoms with van der Waals surface area (Å²) in [6, 6.07) is 25.9. The predicted molar refractivity (Wildman–Crippen MR) is 132 cm³/mol. The summed E-state index contributed by atoms with van der Waals surface area (Å²) < 4.78 is 5.56. The number of carbonyl (C=O) groups excluding carboxylic acids is 1. The Labute approximate surface area is 199 Å². The molecule has 1 aromatic heterocycles. The SMILES string of the molecule is O=C(NCc1ccccc1)c1ccc(CN(Cc2nc3ccccc3[nH]2)N2CCOCC2)cc1. The summed E-state index contributed by atoms with van der Waals surface area (Å²) in [6.45, 7) is 5.05. The van der Waals surface area contributed by atoms with E-state index in [9.17, 15) is 4.79 Å². The summed E-state index contributed by atoms with van der Waals surface area (Å²) in [5.74, 6) is 0.868. The van der Waals surface area contributed by atoms with Crippen LogP contribution in [0.4, 0.5) is 0 Å². The number of aromatic amines is 1. The van der Waals surface area contributed by atoms with Gasteiger partial charge in [0, 0.05) is 31.7 Å². The Balaban J connectivity index is 1.26. The number of hydrogen-bond acceptors (Lipinski definition) is 5. The predicted octanol–water partition coefficient (Wildman–Crippen LogP) is 3.74. The average molecular weight is 456 g/mol. The lowest BCUT2D eigenvalue weighted by Gasteiger charge is -2.37. The maximum Gasteiger partial charge on any atom is 0.251 e. The molecule has 0 saturated carbocycles. The number of carbonyl (C=O) groups is 1. The molecule has 1 fully saturated rings. The topological polar surface area (TPSA) is 73.5 Å². The molecule has 1 amide bonds.